The van der Waals surface area contributed by atoms with E-state index in [0.717, 1.165) is 5.56 Å². The molecule has 2 amide bonds. The molecule has 3 N–H and O–H groups in total. The molecule has 16 heavy (non-hydrogen) atoms. The topological polar surface area (TPSA) is 72.2 Å². The molecular formula is C12H14N2O2. The van der Waals surface area contributed by atoms with Crippen molar-refractivity contribution in [3.63, 3.8) is 0 Å². The van der Waals surface area contributed by atoms with Crippen LogP contribution in [0.15, 0.2) is 36.9 Å². The summed E-state index contributed by atoms with van der Waals surface area (Å²) in [6.07, 6.45) is 2.16. The van der Waals surface area contributed by atoms with E-state index >= 15 is 0 Å². The third kappa shape index (κ3) is 3.96. The summed E-state index contributed by atoms with van der Waals surface area (Å²) in [5, 5.41) is 2.64. The van der Waals surface area contributed by atoms with E-state index in [-0.39, 0.29) is 11.8 Å². The minimum absolute atomic E-state index is 0.245. The summed E-state index contributed by atoms with van der Waals surface area (Å²) in [6, 6.07) is 7.25. The van der Waals surface area contributed by atoms with Gasteiger partial charge in [0.05, 0.1) is 0 Å². The SMILES string of the molecule is C=CC(=O)Nc1ccc(CCC(N)=O)cc1. The zero-order valence-corrected chi connectivity index (χ0v) is 8.90. The molecule has 0 radical (unpaired) electrons. The van der Waals surface area contributed by atoms with Gasteiger partial charge in [0.2, 0.25) is 11.8 Å². The fourth-order valence-corrected chi connectivity index (χ4v) is 1.22. The third-order valence-corrected chi connectivity index (χ3v) is 2.07. The molecule has 0 aliphatic carbocycles. The predicted molar refractivity (Wildman–Crippen MR) is 62.8 cm³/mol. The summed E-state index contributed by atoms with van der Waals surface area (Å²) in [6.45, 7) is 3.36. The van der Waals surface area contributed by atoms with Crippen LogP contribution in [0.3, 0.4) is 0 Å². The van der Waals surface area contributed by atoms with Gasteiger partial charge in [0, 0.05) is 12.1 Å². The second kappa shape index (κ2) is 5.70. The van der Waals surface area contributed by atoms with Crippen LogP contribution >= 0.6 is 0 Å². The summed E-state index contributed by atoms with van der Waals surface area (Å²) in [5.74, 6) is -0.561. The van der Waals surface area contributed by atoms with Crippen molar-refractivity contribution < 1.29 is 9.59 Å². The summed E-state index contributed by atoms with van der Waals surface area (Å²) in [7, 11) is 0. The van der Waals surface area contributed by atoms with Gasteiger partial charge < -0.3 is 11.1 Å². The predicted octanol–water partition coefficient (Wildman–Crippen LogP) is 1.23. The van der Waals surface area contributed by atoms with Gasteiger partial charge in [-0.15, -0.1) is 0 Å². The van der Waals surface area contributed by atoms with E-state index < -0.39 is 0 Å². The zero-order chi connectivity index (χ0) is 12.0. The molecule has 0 saturated carbocycles. The molecule has 4 nitrogen and oxygen atoms in total. The second-order valence-corrected chi connectivity index (χ2v) is 3.36. The van der Waals surface area contributed by atoms with Crippen LogP contribution in [0.25, 0.3) is 0 Å². The molecule has 0 saturated heterocycles. The van der Waals surface area contributed by atoms with Gasteiger partial charge >= 0.3 is 0 Å². The maximum atomic E-state index is 11.0. The first-order chi connectivity index (χ1) is 7.61. The van der Waals surface area contributed by atoms with Crippen molar-refractivity contribution in [1.29, 1.82) is 0 Å². The lowest BCUT2D eigenvalue weighted by Crippen LogP contribution is -2.11. The van der Waals surface area contributed by atoms with Crippen LogP contribution in [0, 0.1) is 0 Å². The Kier molecular flexibility index (Phi) is 4.27. The molecule has 0 atom stereocenters. The molecule has 0 spiro atoms. The number of amides is 2. The van der Waals surface area contributed by atoms with Gasteiger partial charge in [-0.25, -0.2) is 0 Å². The van der Waals surface area contributed by atoms with Crippen molar-refractivity contribution in [2.45, 2.75) is 12.8 Å². The lowest BCUT2D eigenvalue weighted by atomic mass is 10.1. The molecule has 0 bridgehead atoms. The third-order valence-electron chi connectivity index (χ3n) is 2.07. The number of rotatable bonds is 5. The van der Waals surface area contributed by atoms with Crippen LogP contribution in [0.5, 0.6) is 0 Å². The Labute approximate surface area is 94.1 Å². The Morgan fingerprint density at radius 1 is 1.31 bits per heavy atom. The second-order valence-electron chi connectivity index (χ2n) is 3.36. The molecule has 1 aromatic rings. The molecule has 1 rings (SSSR count). The van der Waals surface area contributed by atoms with Gasteiger partial charge in [0.1, 0.15) is 0 Å². The molecular weight excluding hydrogens is 204 g/mol. The molecule has 0 aromatic heterocycles. The number of anilines is 1. The van der Waals surface area contributed by atoms with Crippen molar-refractivity contribution >= 4 is 17.5 Å². The van der Waals surface area contributed by atoms with E-state index in [2.05, 4.69) is 11.9 Å². The highest BCUT2D eigenvalue weighted by Gasteiger charge is 1.99. The largest absolute Gasteiger partial charge is 0.370 e. The number of nitrogens with one attached hydrogen (secondary N) is 1. The first-order valence-electron chi connectivity index (χ1n) is 4.92. The van der Waals surface area contributed by atoms with Crippen LogP contribution in [0.2, 0.25) is 0 Å². The minimum Gasteiger partial charge on any atom is -0.370 e. The average Bonchev–Trinajstić information content (AvgIpc) is 2.28. The number of hydrogen-bond acceptors (Lipinski definition) is 2. The number of carbonyl (C=O) groups excluding carboxylic acids is 2. The van der Waals surface area contributed by atoms with Crippen molar-refractivity contribution in [2.24, 2.45) is 5.73 Å². The number of nitrogens with two attached hydrogens (primary N) is 1. The van der Waals surface area contributed by atoms with Crippen molar-refractivity contribution in [3.05, 3.63) is 42.5 Å². The number of aryl methyl sites for hydroxylation is 1. The smallest absolute Gasteiger partial charge is 0.247 e. The van der Waals surface area contributed by atoms with Gasteiger partial charge in [-0.3, -0.25) is 9.59 Å². The maximum Gasteiger partial charge on any atom is 0.247 e. The Balaban J connectivity index is 2.57. The normalized spacial score (nSPS) is 9.50. The monoisotopic (exact) mass is 218 g/mol. The van der Waals surface area contributed by atoms with E-state index in [9.17, 15) is 9.59 Å². The Bertz CT molecular complexity index is 396. The summed E-state index contributed by atoms with van der Waals surface area (Å²) < 4.78 is 0. The molecule has 4 heteroatoms. The number of hydrogen-bond donors (Lipinski definition) is 2. The Hall–Kier alpha value is -2.10. The first kappa shape index (κ1) is 12.0. The molecule has 0 fully saturated rings. The van der Waals surface area contributed by atoms with E-state index in [4.69, 9.17) is 5.73 Å². The molecule has 0 unspecified atom stereocenters. The van der Waals surface area contributed by atoms with Crippen LogP contribution in [-0.2, 0) is 16.0 Å². The van der Waals surface area contributed by atoms with E-state index in [1.165, 1.54) is 6.08 Å². The quantitative estimate of drug-likeness (QED) is 0.729. The van der Waals surface area contributed by atoms with E-state index in [1.807, 2.05) is 12.1 Å². The number of benzene rings is 1. The summed E-state index contributed by atoms with van der Waals surface area (Å²) in [5.41, 5.74) is 6.76. The minimum atomic E-state index is -0.316. The van der Waals surface area contributed by atoms with Crippen LogP contribution in [0.4, 0.5) is 5.69 Å². The zero-order valence-electron chi connectivity index (χ0n) is 8.90. The van der Waals surface area contributed by atoms with Gasteiger partial charge in [-0.1, -0.05) is 18.7 Å². The van der Waals surface area contributed by atoms with Gasteiger partial charge in [-0.2, -0.15) is 0 Å². The molecule has 0 heterocycles. The Morgan fingerprint density at radius 3 is 2.44 bits per heavy atom. The molecule has 1 aromatic carbocycles. The van der Waals surface area contributed by atoms with Crippen molar-refractivity contribution in [3.8, 4) is 0 Å². The van der Waals surface area contributed by atoms with Gasteiger partial charge in [0.15, 0.2) is 0 Å². The highest BCUT2D eigenvalue weighted by Crippen LogP contribution is 2.10. The van der Waals surface area contributed by atoms with Crippen LogP contribution in [0.1, 0.15) is 12.0 Å². The van der Waals surface area contributed by atoms with E-state index in [1.54, 1.807) is 12.1 Å². The van der Waals surface area contributed by atoms with Crippen molar-refractivity contribution in [1.82, 2.24) is 0 Å². The highest BCUT2D eigenvalue weighted by molar-refractivity contribution is 5.98. The molecule has 84 valence electrons. The van der Waals surface area contributed by atoms with Crippen LogP contribution < -0.4 is 11.1 Å². The average molecular weight is 218 g/mol. The Morgan fingerprint density at radius 2 is 1.94 bits per heavy atom. The van der Waals surface area contributed by atoms with E-state index in [0.29, 0.717) is 18.5 Å². The molecule has 0 aliphatic rings. The highest BCUT2D eigenvalue weighted by atomic mass is 16.1. The fourth-order valence-electron chi connectivity index (χ4n) is 1.22. The lowest BCUT2D eigenvalue weighted by Gasteiger charge is -2.03. The summed E-state index contributed by atoms with van der Waals surface area (Å²) >= 11 is 0. The van der Waals surface area contributed by atoms with Crippen LogP contribution in [-0.4, -0.2) is 11.8 Å². The van der Waals surface area contributed by atoms with Gasteiger partial charge in [0.25, 0.3) is 0 Å². The maximum absolute atomic E-state index is 11.0. The first-order valence-corrected chi connectivity index (χ1v) is 4.92. The number of carbonyl (C=O) groups is 2. The standard InChI is InChI=1S/C12H14N2O2/c1-2-12(16)14-10-6-3-9(4-7-10)5-8-11(13)15/h2-4,6-7H,1,5,8H2,(H2,13,15)(H,14,16). The molecule has 0 aliphatic heterocycles. The van der Waals surface area contributed by atoms with Gasteiger partial charge in [-0.05, 0) is 30.2 Å². The van der Waals surface area contributed by atoms with Crippen molar-refractivity contribution in [2.75, 3.05) is 5.32 Å². The lowest BCUT2D eigenvalue weighted by molar-refractivity contribution is -0.118. The number of primary amides is 1. The summed E-state index contributed by atoms with van der Waals surface area (Å²) in [4.78, 5) is 21.6. The fraction of sp³-hybridized carbons (Fsp3) is 0.167.